The lowest BCUT2D eigenvalue weighted by Crippen LogP contribution is -2.50. The van der Waals surface area contributed by atoms with Gasteiger partial charge in [-0.15, -0.1) is 5.10 Å². The summed E-state index contributed by atoms with van der Waals surface area (Å²) in [7, 11) is 0. The number of rotatable bonds is 4. The van der Waals surface area contributed by atoms with Gasteiger partial charge in [-0.25, -0.2) is 9.78 Å². The lowest BCUT2D eigenvalue weighted by molar-refractivity contribution is 0.105. The average Bonchev–Trinajstić information content (AvgIpc) is 2.80. The Kier molecular flexibility index (Phi) is 5.87. The number of nitrogens with zero attached hydrogens (tertiary/aromatic N) is 8. The Balaban J connectivity index is 1.34. The average molecular weight is 398 g/mol. The molecule has 0 radical (unpaired) electrons. The van der Waals surface area contributed by atoms with Crippen LogP contribution in [0.1, 0.15) is 6.92 Å². The van der Waals surface area contributed by atoms with Gasteiger partial charge in [0.2, 0.25) is 5.95 Å². The Morgan fingerprint density at radius 3 is 2.31 bits per heavy atom. The van der Waals surface area contributed by atoms with Gasteiger partial charge < -0.3 is 24.3 Å². The van der Waals surface area contributed by atoms with E-state index < -0.39 is 0 Å². The largest absolute Gasteiger partial charge is 0.450 e. The summed E-state index contributed by atoms with van der Waals surface area (Å²) >= 11 is 0. The highest BCUT2D eigenvalue weighted by molar-refractivity contribution is 5.68. The molecular formula is C19H26N8O2. The zero-order valence-corrected chi connectivity index (χ0v) is 16.6. The Morgan fingerprint density at radius 1 is 0.966 bits per heavy atom. The van der Waals surface area contributed by atoms with Crippen LogP contribution in [0.5, 0.6) is 0 Å². The van der Waals surface area contributed by atoms with E-state index in [9.17, 15) is 4.79 Å². The van der Waals surface area contributed by atoms with Crippen LogP contribution in [0.2, 0.25) is 0 Å². The minimum absolute atomic E-state index is 0.259. The smallest absolute Gasteiger partial charge is 0.409 e. The maximum absolute atomic E-state index is 11.9. The minimum atomic E-state index is -0.259. The number of hydrogen-bond acceptors (Lipinski definition) is 9. The van der Waals surface area contributed by atoms with E-state index in [1.54, 1.807) is 11.1 Å². The molecule has 0 N–H and O–H groups in total. The van der Waals surface area contributed by atoms with Crippen molar-refractivity contribution in [1.82, 2.24) is 25.1 Å². The monoisotopic (exact) mass is 398 g/mol. The summed E-state index contributed by atoms with van der Waals surface area (Å²) in [6.07, 6.45) is 3.28. The second kappa shape index (κ2) is 8.89. The van der Waals surface area contributed by atoms with Crippen molar-refractivity contribution in [2.24, 2.45) is 0 Å². The lowest BCUT2D eigenvalue weighted by atomic mass is 10.3. The molecule has 0 spiro atoms. The maximum atomic E-state index is 11.9. The van der Waals surface area contributed by atoms with Crippen molar-refractivity contribution in [2.45, 2.75) is 6.92 Å². The van der Waals surface area contributed by atoms with Crippen molar-refractivity contribution in [3.8, 4) is 0 Å². The highest BCUT2D eigenvalue weighted by Gasteiger charge is 2.25. The number of aromatic nitrogens is 4. The summed E-state index contributed by atoms with van der Waals surface area (Å²) < 4.78 is 5.07. The van der Waals surface area contributed by atoms with Crippen LogP contribution in [-0.2, 0) is 4.74 Å². The molecule has 0 aromatic carbocycles. The zero-order valence-electron chi connectivity index (χ0n) is 16.6. The molecule has 4 rings (SSSR count). The van der Waals surface area contributed by atoms with E-state index >= 15 is 0 Å². The molecule has 0 saturated carbocycles. The molecule has 0 aliphatic carbocycles. The molecule has 2 aliphatic rings. The van der Waals surface area contributed by atoms with Crippen LogP contribution in [-0.4, -0.2) is 90.1 Å². The van der Waals surface area contributed by atoms with E-state index in [4.69, 9.17) is 9.72 Å². The SMILES string of the molecule is CCOC(=O)N1CCN(c2nncc(N3CCN(c4ccccn4)CC3)n2)CC1. The molecule has 0 unspecified atom stereocenters. The molecule has 2 fully saturated rings. The van der Waals surface area contributed by atoms with Crippen LogP contribution in [0, 0.1) is 0 Å². The molecule has 0 bridgehead atoms. The summed E-state index contributed by atoms with van der Waals surface area (Å²) in [5.41, 5.74) is 0. The quantitative estimate of drug-likeness (QED) is 0.744. The normalized spacial score (nSPS) is 17.4. The van der Waals surface area contributed by atoms with Gasteiger partial charge in [0.05, 0.1) is 12.8 Å². The lowest BCUT2D eigenvalue weighted by Gasteiger charge is -2.36. The van der Waals surface area contributed by atoms with Gasteiger partial charge in [0.15, 0.2) is 5.82 Å². The molecule has 1 amide bonds. The van der Waals surface area contributed by atoms with E-state index in [0.29, 0.717) is 38.7 Å². The number of carbonyl (C=O) groups excluding carboxylic acids is 1. The van der Waals surface area contributed by atoms with E-state index in [2.05, 4.69) is 29.9 Å². The van der Waals surface area contributed by atoms with Gasteiger partial charge in [-0.05, 0) is 19.1 Å². The van der Waals surface area contributed by atoms with Gasteiger partial charge >= 0.3 is 6.09 Å². The molecule has 154 valence electrons. The van der Waals surface area contributed by atoms with Crippen LogP contribution >= 0.6 is 0 Å². The second-order valence-electron chi connectivity index (χ2n) is 6.95. The first-order valence-corrected chi connectivity index (χ1v) is 10.0. The summed E-state index contributed by atoms with van der Waals surface area (Å²) in [6.45, 7) is 8.19. The summed E-state index contributed by atoms with van der Waals surface area (Å²) in [5.74, 6) is 2.45. The Morgan fingerprint density at radius 2 is 1.66 bits per heavy atom. The molecule has 2 aliphatic heterocycles. The molecule has 10 heteroatoms. The Labute approximate surface area is 170 Å². The predicted molar refractivity (Wildman–Crippen MR) is 109 cm³/mol. The summed E-state index contributed by atoms with van der Waals surface area (Å²) in [6, 6.07) is 5.98. The Hall–Kier alpha value is -3.17. The Bertz CT molecular complexity index is 805. The van der Waals surface area contributed by atoms with E-state index in [0.717, 1.165) is 37.8 Å². The standard InChI is InChI=1S/C19H26N8O2/c1-2-29-19(28)27-13-11-26(12-14-27)18-22-17(15-21-23-18)25-9-7-24(8-10-25)16-5-3-4-6-20-16/h3-6,15H,2,7-14H2,1H3. The van der Waals surface area contributed by atoms with Crippen LogP contribution in [0.3, 0.4) is 0 Å². The van der Waals surface area contributed by atoms with E-state index in [1.165, 1.54) is 0 Å². The first-order valence-electron chi connectivity index (χ1n) is 10.0. The third-order valence-electron chi connectivity index (χ3n) is 5.20. The molecule has 4 heterocycles. The fourth-order valence-corrected chi connectivity index (χ4v) is 3.58. The molecule has 2 aromatic rings. The van der Waals surface area contributed by atoms with E-state index in [1.807, 2.05) is 31.3 Å². The molecule has 10 nitrogen and oxygen atoms in total. The third-order valence-corrected chi connectivity index (χ3v) is 5.20. The van der Waals surface area contributed by atoms with Crippen molar-refractivity contribution in [2.75, 3.05) is 73.7 Å². The zero-order chi connectivity index (χ0) is 20.1. The van der Waals surface area contributed by atoms with Gasteiger partial charge in [-0.2, -0.15) is 10.1 Å². The number of amides is 1. The number of ether oxygens (including phenoxy) is 1. The molecule has 2 saturated heterocycles. The van der Waals surface area contributed by atoms with E-state index in [-0.39, 0.29) is 6.09 Å². The van der Waals surface area contributed by atoms with Crippen molar-refractivity contribution in [1.29, 1.82) is 0 Å². The van der Waals surface area contributed by atoms with Crippen LogP contribution in [0.15, 0.2) is 30.6 Å². The van der Waals surface area contributed by atoms with Crippen molar-refractivity contribution >= 4 is 23.7 Å². The molecule has 0 atom stereocenters. The topological polar surface area (TPSA) is 90.8 Å². The number of carbonyl (C=O) groups is 1. The fourth-order valence-electron chi connectivity index (χ4n) is 3.58. The second-order valence-corrected chi connectivity index (χ2v) is 6.95. The van der Waals surface area contributed by atoms with Gasteiger partial charge in [0, 0.05) is 58.6 Å². The van der Waals surface area contributed by atoms with Crippen molar-refractivity contribution < 1.29 is 9.53 Å². The number of hydrogen-bond donors (Lipinski definition) is 0. The summed E-state index contributed by atoms with van der Waals surface area (Å²) in [4.78, 5) is 29.3. The number of anilines is 3. The maximum Gasteiger partial charge on any atom is 0.409 e. The van der Waals surface area contributed by atoms with Gasteiger partial charge in [0.1, 0.15) is 5.82 Å². The molecule has 2 aromatic heterocycles. The van der Waals surface area contributed by atoms with Crippen LogP contribution in [0.25, 0.3) is 0 Å². The minimum Gasteiger partial charge on any atom is -0.450 e. The first-order chi connectivity index (χ1) is 14.2. The molecule has 29 heavy (non-hydrogen) atoms. The van der Waals surface area contributed by atoms with Gasteiger partial charge in [-0.3, -0.25) is 0 Å². The third kappa shape index (κ3) is 4.47. The van der Waals surface area contributed by atoms with Crippen LogP contribution in [0.4, 0.5) is 22.4 Å². The highest BCUT2D eigenvalue weighted by atomic mass is 16.6. The molecular weight excluding hydrogens is 372 g/mol. The van der Waals surface area contributed by atoms with Gasteiger partial charge in [-0.1, -0.05) is 6.07 Å². The number of pyridine rings is 1. The first kappa shape index (κ1) is 19.2. The number of piperazine rings is 2. The predicted octanol–water partition coefficient (Wildman–Crippen LogP) is 0.872. The fraction of sp³-hybridized carbons (Fsp3) is 0.526. The van der Waals surface area contributed by atoms with Crippen molar-refractivity contribution in [3.63, 3.8) is 0 Å². The summed E-state index contributed by atoms with van der Waals surface area (Å²) in [5, 5.41) is 8.38. The van der Waals surface area contributed by atoms with Crippen LogP contribution < -0.4 is 14.7 Å². The highest BCUT2D eigenvalue weighted by Crippen LogP contribution is 2.19. The van der Waals surface area contributed by atoms with Crippen molar-refractivity contribution in [3.05, 3.63) is 30.6 Å². The van der Waals surface area contributed by atoms with Gasteiger partial charge in [0.25, 0.3) is 0 Å².